The molecule has 2 amide bonds. The molecule has 0 aliphatic carbocycles. The molecule has 176 valence electrons. The lowest BCUT2D eigenvalue weighted by atomic mass is 10.1. The second-order valence-electron chi connectivity index (χ2n) is 8.12. The number of ether oxygens (including phenoxy) is 1. The van der Waals surface area contributed by atoms with E-state index in [9.17, 15) is 9.59 Å². The number of aromatic nitrogens is 3. The van der Waals surface area contributed by atoms with Crippen molar-refractivity contribution in [3.8, 4) is 11.6 Å². The van der Waals surface area contributed by atoms with Gasteiger partial charge in [0.2, 0.25) is 0 Å². The monoisotopic (exact) mass is 480 g/mol. The molecule has 1 aromatic carbocycles. The number of amidine groups is 1. The summed E-state index contributed by atoms with van der Waals surface area (Å²) >= 11 is 1.16. The van der Waals surface area contributed by atoms with Gasteiger partial charge in [-0.1, -0.05) is 6.07 Å². The van der Waals surface area contributed by atoms with Crippen LogP contribution in [0.2, 0.25) is 0 Å². The van der Waals surface area contributed by atoms with Crippen LogP contribution in [-0.2, 0) is 0 Å². The van der Waals surface area contributed by atoms with E-state index in [1.807, 2.05) is 32.0 Å². The summed E-state index contributed by atoms with van der Waals surface area (Å²) < 4.78 is 14.8. The minimum absolute atomic E-state index is 0.199. The third kappa shape index (κ3) is 4.96. The molecular formula is C22H24N8O3S. The van der Waals surface area contributed by atoms with E-state index < -0.39 is 5.54 Å². The second kappa shape index (κ2) is 9.43. The Morgan fingerprint density at radius 1 is 1.24 bits per heavy atom. The molecule has 0 spiro atoms. The van der Waals surface area contributed by atoms with Crippen molar-refractivity contribution in [1.29, 1.82) is 0 Å². The van der Waals surface area contributed by atoms with Gasteiger partial charge >= 0.3 is 0 Å². The molecular weight excluding hydrogens is 456 g/mol. The molecule has 11 nitrogen and oxygen atoms in total. The van der Waals surface area contributed by atoms with Gasteiger partial charge in [0.25, 0.3) is 11.8 Å². The van der Waals surface area contributed by atoms with Gasteiger partial charge in [-0.05, 0) is 38.1 Å². The van der Waals surface area contributed by atoms with Crippen molar-refractivity contribution in [2.45, 2.75) is 19.4 Å². The molecule has 0 bridgehead atoms. The fourth-order valence-electron chi connectivity index (χ4n) is 3.24. The van der Waals surface area contributed by atoms with E-state index >= 15 is 0 Å². The lowest BCUT2D eigenvalue weighted by molar-refractivity contribution is 0.0879. The molecule has 5 N–H and O–H groups in total. The third-order valence-electron chi connectivity index (χ3n) is 4.94. The number of fused-ring (bicyclic) bond motifs is 1. The molecule has 0 fully saturated rings. The standard InChI is InChI=1S/C22H24N8O3S/c1-22(2,11-33-16-6-4-5-14-18(16)19(23)29-34-28-14)27-20(31)13-7-8-25-17(9-13)30-10-15(26-12-30)21(32)24-3/h4-10,12,28H,11H2,1-3H3,(H2,23,29)(H,24,32)(H,27,31). The van der Waals surface area contributed by atoms with Crippen LogP contribution in [0.5, 0.6) is 5.75 Å². The molecule has 0 saturated heterocycles. The lowest BCUT2D eigenvalue weighted by Crippen LogP contribution is -2.48. The van der Waals surface area contributed by atoms with Crippen LogP contribution in [-0.4, -0.2) is 51.4 Å². The molecule has 0 radical (unpaired) electrons. The SMILES string of the molecule is CNC(=O)c1cn(-c2cc(C(=O)NC(C)(C)COc3cccc4c3C(N)=NSN4)ccn2)cn1. The van der Waals surface area contributed by atoms with Gasteiger partial charge in [0.15, 0.2) is 0 Å². The minimum Gasteiger partial charge on any atom is -0.490 e. The quantitative estimate of drug-likeness (QED) is 0.375. The summed E-state index contributed by atoms with van der Waals surface area (Å²) in [5, 5.41) is 5.50. The predicted molar refractivity (Wildman–Crippen MR) is 130 cm³/mol. The number of amides is 2. The Kier molecular flexibility index (Phi) is 6.41. The molecule has 34 heavy (non-hydrogen) atoms. The number of rotatable bonds is 7. The highest BCUT2D eigenvalue weighted by atomic mass is 32.2. The average Bonchev–Trinajstić information content (AvgIpc) is 3.33. The number of imidazole rings is 1. The van der Waals surface area contributed by atoms with Crippen molar-refractivity contribution in [1.82, 2.24) is 25.2 Å². The molecule has 3 aromatic rings. The van der Waals surface area contributed by atoms with Gasteiger partial charge in [-0.3, -0.25) is 14.2 Å². The molecule has 0 unspecified atom stereocenters. The molecule has 1 aliphatic heterocycles. The molecule has 1 aliphatic rings. The zero-order chi connectivity index (χ0) is 24.3. The average molecular weight is 481 g/mol. The summed E-state index contributed by atoms with van der Waals surface area (Å²) in [7, 11) is 1.53. The second-order valence-corrected chi connectivity index (χ2v) is 8.69. The fraction of sp³-hybridized carbons (Fsp3) is 0.227. The highest BCUT2D eigenvalue weighted by molar-refractivity contribution is 7.99. The van der Waals surface area contributed by atoms with E-state index in [2.05, 4.69) is 29.7 Å². The number of carbonyl (C=O) groups excluding carboxylic acids is 2. The van der Waals surface area contributed by atoms with Gasteiger partial charge in [0.05, 0.1) is 28.9 Å². The maximum Gasteiger partial charge on any atom is 0.271 e. The van der Waals surface area contributed by atoms with Crippen LogP contribution in [0.3, 0.4) is 0 Å². The van der Waals surface area contributed by atoms with Crippen LogP contribution >= 0.6 is 12.1 Å². The molecule has 3 heterocycles. The summed E-state index contributed by atoms with van der Waals surface area (Å²) in [6.07, 6.45) is 4.54. The predicted octanol–water partition coefficient (Wildman–Crippen LogP) is 1.91. The summed E-state index contributed by atoms with van der Waals surface area (Å²) in [6, 6.07) is 8.79. The summed E-state index contributed by atoms with van der Waals surface area (Å²) in [6.45, 7) is 3.92. The van der Waals surface area contributed by atoms with Gasteiger partial charge in [0.1, 0.15) is 36.0 Å². The van der Waals surface area contributed by atoms with Gasteiger partial charge in [-0.2, -0.15) is 4.40 Å². The molecule has 4 rings (SSSR count). The Hall–Kier alpha value is -4.06. The lowest BCUT2D eigenvalue weighted by Gasteiger charge is -2.27. The minimum atomic E-state index is -0.701. The van der Waals surface area contributed by atoms with Crippen molar-refractivity contribution >= 4 is 35.5 Å². The smallest absolute Gasteiger partial charge is 0.271 e. The Bertz CT molecular complexity index is 1270. The van der Waals surface area contributed by atoms with Crippen LogP contribution in [0.25, 0.3) is 5.82 Å². The highest BCUT2D eigenvalue weighted by Crippen LogP contribution is 2.32. The summed E-state index contributed by atoms with van der Waals surface area (Å²) in [5.41, 5.74) is 7.50. The van der Waals surface area contributed by atoms with Crippen LogP contribution in [0.1, 0.15) is 40.3 Å². The number of anilines is 1. The number of nitrogens with one attached hydrogen (secondary N) is 3. The van der Waals surface area contributed by atoms with Crippen molar-refractivity contribution in [2.24, 2.45) is 10.1 Å². The molecule has 12 heteroatoms. The fourth-order valence-corrected chi connectivity index (χ4v) is 3.74. The van der Waals surface area contributed by atoms with E-state index in [-0.39, 0.29) is 24.1 Å². The van der Waals surface area contributed by atoms with E-state index in [1.54, 1.807) is 22.9 Å². The van der Waals surface area contributed by atoms with Gasteiger partial charge in [-0.15, -0.1) is 0 Å². The topological polar surface area (TPSA) is 149 Å². The summed E-state index contributed by atoms with van der Waals surface area (Å²) in [5.74, 6) is 0.807. The number of nitrogens with zero attached hydrogens (tertiary/aromatic N) is 4. The number of carbonyl (C=O) groups is 2. The first-order chi connectivity index (χ1) is 16.3. The Morgan fingerprint density at radius 2 is 2.06 bits per heavy atom. The van der Waals surface area contributed by atoms with Gasteiger partial charge < -0.3 is 25.8 Å². The number of hydrogen-bond acceptors (Lipinski definition) is 9. The van der Waals surface area contributed by atoms with Crippen molar-refractivity contribution < 1.29 is 14.3 Å². The van der Waals surface area contributed by atoms with Crippen LogP contribution in [0.15, 0.2) is 53.5 Å². The van der Waals surface area contributed by atoms with Crippen molar-refractivity contribution in [2.75, 3.05) is 18.4 Å². The zero-order valence-electron chi connectivity index (χ0n) is 18.8. The van der Waals surface area contributed by atoms with E-state index in [1.165, 1.54) is 19.6 Å². The highest BCUT2D eigenvalue weighted by Gasteiger charge is 2.25. The first-order valence-electron chi connectivity index (χ1n) is 10.3. The number of benzene rings is 1. The molecule has 0 atom stereocenters. The van der Waals surface area contributed by atoms with Crippen LogP contribution < -0.4 is 25.8 Å². The first-order valence-corrected chi connectivity index (χ1v) is 11.1. The van der Waals surface area contributed by atoms with Crippen molar-refractivity contribution in [3.63, 3.8) is 0 Å². The normalized spacial score (nSPS) is 12.7. The number of nitrogens with two attached hydrogens (primary N) is 1. The van der Waals surface area contributed by atoms with E-state index in [0.717, 1.165) is 17.8 Å². The Balaban J connectivity index is 1.45. The van der Waals surface area contributed by atoms with Crippen LogP contribution in [0.4, 0.5) is 5.69 Å². The number of hydrogen-bond donors (Lipinski definition) is 4. The van der Waals surface area contributed by atoms with Crippen LogP contribution in [0, 0.1) is 0 Å². The third-order valence-corrected chi connectivity index (χ3v) is 5.54. The van der Waals surface area contributed by atoms with Gasteiger partial charge in [0, 0.05) is 25.0 Å². The van der Waals surface area contributed by atoms with E-state index in [0.29, 0.717) is 28.5 Å². The van der Waals surface area contributed by atoms with E-state index in [4.69, 9.17) is 10.5 Å². The maximum absolute atomic E-state index is 13.0. The van der Waals surface area contributed by atoms with Crippen molar-refractivity contribution in [3.05, 3.63) is 65.9 Å². The number of pyridine rings is 1. The Labute approximate surface area is 200 Å². The molecule has 2 aromatic heterocycles. The largest absolute Gasteiger partial charge is 0.490 e. The maximum atomic E-state index is 13.0. The van der Waals surface area contributed by atoms with Gasteiger partial charge in [-0.25, -0.2) is 9.97 Å². The zero-order valence-corrected chi connectivity index (χ0v) is 19.6. The summed E-state index contributed by atoms with van der Waals surface area (Å²) in [4.78, 5) is 33.0. The Morgan fingerprint density at radius 3 is 2.85 bits per heavy atom. The first kappa shape index (κ1) is 23.1. The molecule has 0 saturated carbocycles.